The summed E-state index contributed by atoms with van der Waals surface area (Å²) < 4.78 is 0. The Morgan fingerprint density at radius 2 is 2.00 bits per heavy atom. The van der Waals surface area contributed by atoms with Crippen LogP contribution in [0, 0.1) is 0 Å². The lowest BCUT2D eigenvalue weighted by molar-refractivity contribution is 0.0955. The highest BCUT2D eigenvalue weighted by molar-refractivity contribution is 5.96. The first-order chi connectivity index (χ1) is 9.56. The molecule has 20 heavy (non-hydrogen) atoms. The molecule has 0 radical (unpaired) electrons. The Hall–Kier alpha value is -1.88. The molecule has 0 aromatic heterocycles. The van der Waals surface area contributed by atoms with Crippen LogP contribution in [0.25, 0.3) is 0 Å². The van der Waals surface area contributed by atoms with Crippen molar-refractivity contribution in [1.29, 1.82) is 0 Å². The van der Waals surface area contributed by atoms with Gasteiger partial charge in [-0.1, -0.05) is 25.0 Å². The first-order valence-electron chi connectivity index (χ1n) is 6.93. The smallest absolute Gasteiger partial charge is 0.319 e. The van der Waals surface area contributed by atoms with Gasteiger partial charge in [0.2, 0.25) is 0 Å². The van der Waals surface area contributed by atoms with Crippen LogP contribution >= 0.6 is 0 Å². The van der Waals surface area contributed by atoms with Crippen molar-refractivity contribution in [3.8, 4) is 0 Å². The van der Waals surface area contributed by atoms with E-state index in [0.717, 1.165) is 25.7 Å². The lowest BCUT2D eigenvalue weighted by Crippen LogP contribution is -2.46. The number of hydrogen-bond donors (Lipinski definition) is 3. The Balaban J connectivity index is 1.94. The maximum Gasteiger partial charge on any atom is 0.319 e. The second-order valence-electron chi connectivity index (χ2n) is 5.19. The molecule has 0 spiro atoms. The van der Waals surface area contributed by atoms with Gasteiger partial charge in [-0.05, 0) is 31.9 Å². The van der Waals surface area contributed by atoms with Gasteiger partial charge in [0.05, 0.1) is 12.1 Å². The number of Topliss-reactive ketones (excluding diaryl/α,β-unsaturated/α-hetero) is 1. The average molecular weight is 276 g/mol. The van der Waals surface area contributed by atoms with Crippen LogP contribution in [0.15, 0.2) is 24.3 Å². The van der Waals surface area contributed by atoms with Crippen molar-refractivity contribution < 1.29 is 14.7 Å². The van der Waals surface area contributed by atoms with Crippen LogP contribution in [0.2, 0.25) is 0 Å². The summed E-state index contributed by atoms with van der Waals surface area (Å²) in [5.74, 6) is -0.0447. The fraction of sp³-hybridized carbons (Fsp3) is 0.467. The number of aliphatic hydroxyl groups excluding tert-OH is 1. The lowest BCUT2D eigenvalue weighted by atomic mass is 9.93. The van der Waals surface area contributed by atoms with E-state index in [1.54, 1.807) is 24.3 Å². The monoisotopic (exact) mass is 276 g/mol. The fourth-order valence-corrected chi connectivity index (χ4v) is 2.43. The standard InChI is InChI=1S/C15H20N2O3/c1-10(18)11-5-4-6-12(9-11)16-15(20)17-13-7-2-3-8-14(13)19/h4-6,9,13-14,19H,2-3,7-8H2,1H3,(H2,16,17,20). The minimum atomic E-state index is -0.474. The van der Waals surface area contributed by atoms with Crippen molar-refractivity contribution in [2.24, 2.45) is 0 Å². The first kappa shape index (κ1) is 14.5. The maximum absolute atomic E-state index is 11.9. The van der Waals surface area contributed by atoms with Crippen molar-refractivity contribution in [1.82, 2.24) is 5.32 Å². The Morgan fingerprint density at radius 3 is 2.70 bits per heavy atom. The molecule has 1 fully saturated rings. The number of amides is 2. The highest BCUT2D eigenvalue weighted by Crippen LogP contribution is 2.18. The van der Waals surface area contributed by atoms with E-state index in [-0.39, 0.29) is 17.9 Å². The van der Waals surface area contributed by atoms with Gasteiger partial charge in [0, 0.05) is 11.3 Å². The highest BCUT2D eigenvalue weighted by Gasteiger charge is 2.24. The second-order valence-corrected chi connectivity index (χ2v) is 5.19. The maximum atomic E-state index is 11.9. The van der Waals surface area contributed by atoms with Gasteiger partial charge in [-0.3, -0.25) is 4.79 Å². The molecule has 0 bridgehead atoms. The number of aliphatic hydroxyl groups is 1. The van der Waals surface area contributed by atoms with Crippen molar-refractivity contribution in [2.45, 2.75) is 44.8 Å². The molecule has 1 aromatic carbocycles. The lowest BCUT2D eigenvalue weighted by Gasteiger charge is -2.28. The molecule has 0 heterocycles. The summed E-state index contributed by atoms with van der Waals surface area (Å²) in [4.78, 5) is 23.2. The molecule has 1 aliphatic rings. The number of ketones is 1. The normalized spacial score (nSPS) is 22.1. The van der Waals surface area contributed by atoms with E-state index in [2.05, 4.69) is 10.6 Å². The molecule has 2 amide bonds. The SMILES string of the molecule is CC(=O)c1cccc(NC(=O)NC2CCCCC2O)c1. The van der Waals surface area contributed by atoms with E-state index in [4.69, 9.17) is 0 Å². The van der Waals surface area contributed by atoms with E-state index >= 15 is 0 Å². The van der Waals surface area contributed by atoms with E-state index < -0.39 is 6.10 Å². The molecule has 1 aliphatic carbocycles. The second kappa shape index (κ2) is 6.52. The molecule has 2 atom stereocenters. The molecule has 108 valence electrons. The van der Waals surface area contributed by atoms with Crippen molar-refractivity contribution in [2.75, 3.05) is 5.32 Å². The topological polar surface area (TPSA) is 78.4 Å². The van der Waals surface area contributed by atoms with Crippen LogP contribution < -0.4 is 10.6 Å². The predicted octanol–water partition coefficient (Wildman–Crippen LogP) is 2.31. The third-order valence-corrected chi connectivity index (χ3v) is 3.57. The molecule has 3 N–H and O–H groups in total. The van der Waals surface area contributed by atoms with E-state index in [1.165, 1.54) is 6.92 Å². The van der Waals surface area contributed by atoms with Gasteiger partial charge in [-0.15, -0.1) is 0 Å². The summed E-state index contributed by atoms with van der Waals surface area (Å²) in [6, 6.07) is 6.25. The third-order valence-electron chi connectivity index (χ3n) is 3.57. The van der Waals surface area contributed by atoms with Gasteiger partial charge in [0.25, 0.3) is 0 Å². The van der Waals surface area contributed by atoms with Crippen LogP contribution in [0.3, 0.4) is 0 Å². The number of hydrogen-bond acceptors (Lipinski definition) is 3. The van der Waals surface area contributed by atoms with Crippen LogP contribution in [0.5, 0.6) is 0 Å². The van der Waals surface area contributed by atoms with Gasteiger partial charge in [-0.2, -0.15) is 0 Å². The number of nitrogens with one attached hydrogen (secondary N) is 2. The van der Waals surface area contributed by atoms with E-state index in [1.807, 2.05) is 0 Å². The highest BCUT2D eigenvalue weighted by atomic mass is 16.3. The summed E-state index contributed by atoms with van der Waals surface area (Å²) in [5.41, 5.74) is 1.13. The van der Waals surface area contributed by atoms with E-state index in [9.17, 15) is 14.7 Å². The van der Waals surface area contributed by atoms with Crippen LogP contribution in [-0.4, -0.2) is 29.1 Å². The summed E-state index contributed by atoms with van der Waals surface area (Å²) >= 11 is 0. The molecule has 2 unspecified atom stereocenters. The third kappa shape index (κ3) is 3.81. The van der Waals surface area contributed by atoms with Gasteiger partial charge < -0.3 is 15.7 Å². The van der Waals surface area contributed by atoms with Crippen LogP contribution in [0.4, 0.5) is 10.5 Å². The molecule has 5 nitrogen and oxygen atoms in total. The number of urea groups is 1. The van der Waals surface area contributed by atoms with Crippen LogP contribution in [0.1, 0.15) is 43.0 Å². The molecule has 0 aliphatic heterocycles. The Morgan fingerprint density at radius 1 is 1.25 bits per heavy atom. The van der Waals surface area contributed by atoms with Gasteiger partial charge in [0.15, 0.2) is 5.78 Å². The minimum absolute atomic E-state index is 0.0447. The first-order valence-corrected chi connectivity index (χ1v) is 6.93. The summed E-state index contributed by atoms with van der Waals surface area (Å²) in [6.07, 6.45) is 3.06. The molecular weight excluding hydrogens is 256 g/mol. The van der Waals surface area contributed by atoms with Crippen LogP contribution in [-0.2, 0) is 0 Å². The summed E-state index contributed by atoms with van der Waals surface area (Å²) in [6.45, 7) is 1.48. The summed E-state index contributed by atoms with van der Waals surface area (Å²) in [7, 11) is 0. The fourth-order valence-electron chi connectivity index (χ4n) is 2.43. The van der Waals surface area contributed by atoms with Gasteiger partial charge in [-0.25, -0.2) is 4.79 Å². The predicted molar refractivity (Wildman–Crippen MR) is 76.9 cm³/mol. The van der Waals surface area contributed by atoms with Crippen molar-refractivity contribution in [3.63, 3.8) is 0 Å². The van der Waals surface area contributed by atoms with E-state index in [0.29, 0.717) is 11.3 Å². The van der Waals surface area contributed by atoms with Crippen molar-refractivity contribution >= 4 is 17.5 Å². The molecule has 1 aromatic rings. The zero-order valence-corrected chi connectivity index (χ0v) is 11.6. The number of anilines is 1. The van der Waals surface area contributed by atoms with Gasteiger partial charge >= 0.3 is 6.03 Å². The molecular formula is C15H20N2O3. The molecule has 5 heteroatoms. The Bertz CT molecular complexity index is 502. The molecule has 0 saturated heterocycles. The summed E-state index contributed by atoms with van der Waals surface area (Å²) in [5, 5.41) is 15.3. The van der Waals surface area contributed by atoms with Gasteiger partial charge in [0.1, 0.15) is 0 Å². The molecule has 2 rings (SSSR count). The Kier molecular flexibility index (Phi) is 4.74. The quantitative estimate of drug-likeness (QED) is 0.741. The zero-order valence-electron chi connectivity index (χ0n) is 11.6. The average Bonchev–Trinajstić information content (AvgIpc) is 2.41. The Labute approximate surface area is 118 Å². The number of benzene rings is 1. The minimum Gasteiger partial charge on any atom is -0.391 e. The zero-order chi connectivity index (χ0) is 14.5. The molecule has 1 saturated carbocycles. The largest absolute Gasteiger partial charge is 0.391 e. The van der Waals surface area contributed by atoms with Crippen molar-refractivity contribution in [3.05, 3.63) is 29.8 Å². The number of carbonyl (C=O) groups is 2. The number of carbonyl (C=O) groups excluding carboxylic acids is 2. The number of rotatable bonds is 3.